The Kier molecular flexibility index (Phi) is 5.41. The number of fused-ring (bicyclic) bond motifs is 1. The average molecular weight is 351 g/mol. The summed E-state index contributed by atoms with van der Waals surface area (Å²) in [5, 5.41) is 13.5. The summed E-state index contributed by atoms with van der Waals surface area (Å²) < 4.78 is 23.2. The normalized spacial score (nSPS) is 34.2. The molecule has 25 heavy (non-hydrogen) atoms. The third kappa shape index (κ3) is 4.37. The molecule has 2 saturated heterocycles. The van der Waals surface area contributed by atoms with Crippen LogP contribution in [0.15, 0.2) is 30.3 Å². The standard InChI is InChI=1S/C18H25NO6/c1-11(20)19-14-15(21)16-13(10-23-18(2,3)25-16)24-17(14)22-9-12-7-5-4-6-8-12/h4-8,13-17,21H,9-10H2,1-3H3,(H,19,20)/t13-,14-,15+,16+,17+/m1/s1. The molecule has 0 spiro atoms. The first kappa shape index (κ1) is 18.3. The van der Waals surface area contributed by atoms with Crippen LogP contribution >= 0.6 is 0 Å². The largest absolute Gasteiger partial charge is 0.388 e. The smallest absolute Gasteiger partial charge is 0.217 e. The molecule has 7 heteroatoms. The first-order chi connectivity index (χ1) is 11.9. The highest BCUT2D eigenvalue weighted by atomic mass is 16.8. The van der Waals surface area contributed by atoms with E-state index in [9.17, 15) is 9.90 Å². The van der Waals surface area contributed by atoms with Crippen molar-refractivity contribution in [1.82, 2.24) is 5.32 Å². The maximum absolute atomic E-state index is 11.6. The van der Waals surface area contributed by atoms with Gasteiger partial charge in [0.05, 0.1) is 13.2 Å². The first-order valence-corrected chi connectivity index (χ1v) is 8.44. The van der Waals surface area contributed by atoms with Gasteiger partial charge in [-0.05, 0) is 19.4 Å². The first-order valence-electron chi connectivity index (χ1n) is 8.44. The van der Waals surface area contributed by atoms with Crippen molar-refractivity contribution in [1.29, 1.82) is 0 Å². The Hall–Kier alpha value is -1.51. The molecule has 3 rings (SSSR count). The van der Waals surface area contributed by atoms with Gasteiger partial charge in [-0.1, -0.05) is 30.3 Å². The van der Waals surface area contributed by atoms with E-state index in [1.54, 1.807) is 13.8 Å². The van der Waals surface area contributed by atoms with Crippen molar-refractivity contribution >= 4 is 5.91 Å². The Morgan fingerprint density at radius 2 is 2.08 bits per heavy atom. The summed E-state index contributed by atoms with van der Waals surface area (Å²) >= 11 is 0. The van der Waals surface area contributed by atoms with Crippen LogP contribution in [0.5, 0.6) is 0 Å². The quantitative estimate of drug-likeness (QED) is 0.840. The van der Waals surface area contributed by atoms with Crippen molar-refractivity contribution in [2.45, 2.75) is 63.8 Å². The van der Waals surface area contributed by atoms with Gasteiger partial charge in [-0.15, -0.1) is 0 Å². The van der Waals surface area contributed by atoms with E-state index in [0.29, 0.717) is 6.61 Å². The lowest BCUT2D eigenvalue weighted by molar-refractivity contribution is -0.369. The SMILES string of the molecule is CC(=O)N[C@H]1[C@@H](OCc2ccccc2)O[C@@H]2COC(C)(C)O[C@@H]2[C@H]1O. The summed E-state index contributed by atoms with van der Waals surface area (Å²) in [6, 6.07) is 8.91. The molecule has 0 bridgehead atoms. The molecular weight excluding hydrogens is 326 g/mol. The molecular formula is C18H25NO6. The van der Waals surface area contributed by atoms with Gasteiger partial charge in [0.2, 0.25) is 5.91 Å². The van der Waals surface area contributed by atoms with Gasteiger partial charge < -0.3 is 29.4 Å². The number of carbonyl (C=O) groups excluding carboxylic acids is 1. The third-order valence-corrected chi connectivity index (χ3v) is 4.32. The number of benzene rings is 1. The second kappa shape index (κ2) is 7.39. The van der Waals surface area contributed by atoms with Gasteiger partial charge in [0, 0.05) is 6.92 Å². The summed E-state index contributed by atoms with van der Waals surface area (Å²) in [7, 11) is 0. The van der Waals surface area contributed by atoms with Gasteiger partial charge in [-0.25, -0.2) is 0 Å². The topological polar surface area (TPSA) is 86.3 Å². The zero-order chi connectivity index (χ0) is 18.0. The molecule has 138 valence electrons. The Morgan fingerprint density at radius 1 is 1.36 bits per heavy atom. The number of aliphatic hydroxyl groups is 1. The molecule has 1 aromatic rings. The fourth-order valence-electron chi connectivity index (χ4n) is 3.13. The van der Waals surface area contributed by atoms with Crippen molar-refractivity contribution in [3.05, 3.63) is 35.9 Å². The van der Waals surface area contributed by atoms with Crippen LogP contribution < -0.4 is 5.32 Å². The van der Waals surface area contributed by atoms with Gasteiger partial charge in [0.15, 0.2) is 12.1 Å². The lowest BCUT2D eigenvalue weighted by Crippen LogP contribution is -2.68. The van der Waals surface area contributed by atoms with Gasteiger partial charge >= 0.3 is 0 Å². The second-order valence-corrected chi connectivity index (χ2v) is 6.85. The van der Waals surface area contributed by atoms with Crippen molar-refractivity contribution < 1.29 is 28.8 Å². The van der Waals surface area contributed by atoms with Crippen molar-refractivity contribution in [2.24, 2.45) is 0 Å². The fourth-order valence-corrected chi connectivity index (χ4v) is 3.13. The van der Waals surface area contributed by atoms with Crippen molar-refractivity contribution in [2.75, 3.05) is 6.61 Å². The number of rotatable bonds is 4. The summed E-state index contributed by atoms with van der Waals surface area (Å²) in [5.74, 6) is -1.09. The number of hydrogen-bond acceptors (Lipinski definition) is 6. The lowest BCUT2D eigenvalue weighted by Gasteiger charge is -2.49. The van der Waals surface area contributed by atoms with E-state index in [1.165, 1.54) is 6.92 Å². The Balaban J connectivity index is 1.73. The average Bonchev–Trinajstić information content (AvgIpc) is 2.57. The van der Waals surface area contributed by atoms with E-state index in [0.717, 1.165) is 5.56 Å². The van der Waals surface area contributed by atoms with Crippen molar-refractivity contribution in [3.8, 4) is 0 Å². The van der Waals surface area contributed by atoms with Crippen LogP contribution in [0.4, 0.5) is 0 Å². The van der Waals surface area contributed by atoms with Gasteiger partial charge in [0.25, 0.3) is 0 Å². The summed E-state index contributed by atoms with van der Waals surface area (Å²) in [6.45, 7) is 5.54. The predicted molar refractivity (Wildman–Crippen MR) is 88.4 cm³/mol. The van der Waals surface area contributed by atoms with E-state index in [4.69, 9.17) is 18.9 Å². The third-order valence-electron chi connectivity index (χ3n) is 4.32. The zero-order valence-electron chi connectivity index (χ0n) is 14.7. The van der Waals surface area contributed by atoms with Gasteiger partial charge in [-0.2, -0.15) is 0 Å². The number of carbonyl (C=O) groups is 1. The van der Waals surface area contributed by atoms with Crippen LogP contribution in [0.3, 0.4) is 0 Å². The van der Waals surface area contributed by atoms with Crippen LogP contribution in [0.2, 0.25) is 0 Å². The molecule has 0 saturated carbocycles. The molecule has 7 nitrogen and oxygen atoms in total. The number of hydrogen-bond donors (Lipinski definition) is 2. The van der Waals surface area contributed by atoms with E-state index in [1.807, 2.05) is 30.3 Å². The van der Waals surface area contributed by atoms with Crippen LogP contribution in [0.25, 0.3) is 0 Å². The minimum Gasteiger partial charge on any atom is -0.388 e. The molecule has 2 aliphatic heterocycles. The maximum Gasteiger partial charge on any atom is 0.217 e. The van der Waals surface area contributed by atoms with E-state index in [2.05, 4.69) is 5.32 Å². The van der Waals surface area contributed by atoms with Crippen molar-refractivity contribution in [3.63, 3.8) is 0 Å². The fraction of sp³-hybridized carbons (Fsp3) is 0.611. The van der Waals surface area contributed by atoms with E-state index in [-0.39, 0.29) is 12.5 Å². The molecule has 2 N–H and O–H groups in total. The van der Waals surface area contributed by atoms with E-state index >= 15 is 0 Å². The van der Waals surface area contributed by atoms with Gasteiger partial charge in [0.1, 0.15) is 24.4 Å². The lowest BCUT2D eigenvalue weighted by atomic mass is 9.95. The Labute approximate surface area is 147 Å². The highest BCUT2D eigenvalue weighted by Crippen LogP contribution is 2.33. The highest BCUT2D eigenvalue weighted by molar-refractivity contribution is 5.73. The molecule has 2 heterocycles. The minimum atomic E-state index is -0.966. The molecule has 0 aromatic heterocycles. The minimum absolute atomic E-state index is 0.272. The van der Waals surface area contributed by atoms with Gasteiger partial charge in [-0.3, -0.25) is 4.79 Å². The Bertz CT molecular complexity index is 592. The highest BCUT2D eigenvalue weighted by Gasteiger charge is 2.51. The Morgan fingerprint density at radius 3 is 2.76 bits per heavy atom. The van der Waals surface area contributed by atoms with Crippen LogP contribution in [-0.4, -0.2) is 54.1 Å². The summed E-state index contributed by atoms with van der Waals surface area (Å²) in [4.78, 5) is 11.6. The number of amides is 1. The van der Waals surface area contributed by atoms with Crippen LogP contribution in [0.1, 0.15) is 26.3 Å². The summed E-state index contributed by atoms with van der Waals surface area (Å²) in [5.41, 5.74) is 0.974. The molecule has 1 aromatic carbocycles. The number of aliphatic hydroxyl groups excluding tert-OH is 1. The predicted octanol–water partition coefficient (Wildman–Crippen LogP) is 0.945. The molecule has 0 aliphatic carbocycles. The molecule has 0 unspecified atom stereocenters. The monoisotopic (exact) mass is 351 g/mol. The summed E-state index contributed by atoms with van der Waals surface area (Å²) in [6.07, 6.45) is -2.83. The second-order valence-electron chi connectivity index (χ2n) is 6.85. The molecule has 0 radical (unpaired) electrons. The molecule has 5 atom stereocenters. The van der Waals surface area contributed by atoms with Crippen LogP contribution in [0, 0.1) is 0 Å². The zero-order valence-corrected chi connectivity index (χ0v) is 14.7. The number of nitrogens with one attached hydrogen (secondary N) is 1. The molecule has 1 amide bonds. The molecule has 2 aliphatic rings. The van der Waals surface area contributed by atoms with E-state index < -0.39 is 36.4 Å². The van der Waals surface area contributed by atoms with Crippen LogP contribution in [-0.2, 0) is 30.3 Å². The molecule has 2 fully saturated rings. The maximum atomic E-state index is 11.6. The number of ether oxygens (including phenoxy) is 4.